The van der Waals surface area contributed by atoms with Crippen LogP contribution in [0.1, 0.15) is 41.6 Å². The molecule has 0 heterocycles. The van der Waals surface area contributed by atoms with Gasteiger partial charge in [-0.25, -0.2) is 0 Å². The first-order valence-corrected chi connectivity index (χ1v) is 7.75. The Morgan fingerprint density at radius 1 is 1.28 bits per heavy atom. The summed E-state index contributed by atoms with van der Waals surface area (Å²) in [6, 6.07) is 5.35. The van der Waals surface area contributed by atoms with Gasteiger partial charge in [0.1, 0.15) is 0 Å². The van der Waals surface area contributed by atoms with Crippen molar-refractivity contribution in [1.82, 2.24) is 5.32 Å². The molecule has 1 aromatic carbocycles. The van der Waals surface area contributed by atoms with E-state index in [9.17, 15) is 4.79 Å². The van der Waals surface area contributed by atoms with Gasteiger partial charge in [-0.1, -0.05) is 40.4 Å². The number of nitrogens with one attached hydrogen (secondary N) is 1. The Hall–Kier alpha value is -0.540. The highest BCUT2D eigenvalue weighted by Crippen LogP contribution is 2.16. The molecule has 100 valence electrons. The Kier molecular flexibility index (Phi) is 7.36. The molecule has 0 fully saturated rings. The van der Waals surface area contributed by atoms with Crippen molar-refractivity contribution in [1.29, 1.82) is 0 Å². The largest absolute Gasteiger partial charge is 0.352 e. The molecule has 1 N–H and O–H groups in total. The van der Waals surface area contributed by atoms with Gasteiger partial charge in [-0.05, 0) is 43.5 Å². The van der Waals surface area contributed by atoms with E-state index in [1.54, 1.807) is 12.1 Å². The van der Waals surface area contributed by atoms with E-state index in [-0.39, 0.29) is 5.91 Å². The fourth-order valence-corrected chi connectivity index (χ4v) is 2.18. The lowest BCUT2D eigenvalue weighted by molar-refractivity contribution is 0.0953. The molecule has 1 rings (SSSR count). The van der Waals surface area contributed by atoms with Crippen LogP contribution in [-0.4, -0.2) is 17.8 Å². The van der Waals surface area contributed by atoms with E-state index in [0.717, 1.165) is 30.3 Å². The fraction of sp³-hybridized carbons (Fsp3) is 0.500. The molecule has 0 radical (unpaired) electrons. The van der Waals surface area contributed by atoms with Crippen LogP contribution >= 0.6 is 27.5 Å². The molecule has 0 atom stereocenters. The molecule has 0 aliphatic rings. The molecular formula is C14H19BrClNO. The van der Waals surface area contributed by atoms with Crippen molar-refractivity contribution in [3.8, 4) is 0 Å². The Morgan fingerprint density at radius 2 is 2.00 bits per heavy atom. The number of hydrogen-bond donors (Lipinski definition) is 1. The van der Waals surface area contributed by atoms with Gasteiger partial charge >= 0.3 is 0 Å². The standard InChI is InChI=1S/C14H19BrClNO/c1-11-10-12(6-7-13(11)16)14(18)17-9-5-3-2-4-8-15/h6-7,10H,2-5,8-9H2,1H3,(H,17,18). The van der Waals surface area contributed by atoms with Gasteiger partial charge in [-0.3, -0.25) is 4.79 Å². The minimum Gasteiger partial charge on any atom is -0.352 e. The number of halogens is 2. The number of hydrogen-bond acceptors (Lipinski definition) is 1. The monoisotopic (exact) mass is 331 g/mol. The lowest BCUT2D eigenvalue weighted by Gasteiger charge is -2.06. The molecule has 2 nitrogen and oxygen atoms in total. The van der Waals surface area contributed by atoms with Gasteiger partial charge < -0.3 is 5.32 Å². The van der Waals surface area contributed by atoms with Crippen molar-refractivity contribution in [2.24, 2.45) is 0 Å². The first-order valence-electron chi connectivity index (χ1n) is 6.25. The minimum atomic E-state index is -0.0183. The molecule has 0 aliphatic carbocycles. The third-order valence-electron chi connectivity index (χ3n) is 2.77. The first kappa shape index (κ1) is 15.5. The molecule has 0 aromatic heterocycles. The average molecular weight is 333 g/mol. The maximum absolute atomic E-state index is 11.8. The summed E-state index contributed by atoms with van der Waals surface area (Å²) in [6.45, 7) is 2.64. The van der Waals surface area contributed by atoms with Gasteiger partial charge in [0.05, 0.1) is 0 Å². The molecule has 4 heteroatoms. The van der Waals surface area contributed by atoms with E-state index in [4.69, 9.17) is 11.6 Å². The number of carbonyl (C=O) groups excluding carboxylic acids is 1. The van der Waals surface area contributed by atoms with Crippen molar-refractivity contribution in [3.63, 3.8) is 0 Å². The van der Waals surface area contributed by atoms with Crippen molar-refractivity contribution in [2.45, 2.75) is 32.6 Å². The van der Waals surface area contributed by atoms with E-state index in [0.29, 0.717) is 10.6 Å². The zero-order chi connectivity index (χ0) is 13.4. The number of aryl methyl sites for hydroxylation is 1. The SMILES string of the molecule is Cc1cc(C(=O)NCCCCCCBr)ccc1Cl. The fourth-order valence-electron chi connectivity index (χ4n) is 1.66. The maximum atomic E-state index is 11.8. The van der Waals surface area contributed by atoms with Crippen molar-refractivity contribution in [3.05, 3.63) is 34.3 Å². The third kappa shape index (κ3) is 5.40. The number of carbonyl (C=O) groups is 1. The second kappa shape index (κ2) is 8.54. The molecular weight excluding hydrogens is 314 g/mol. The summed E-state index contributed by atoms with van der Waals surface area (Å²) in [5, 5.41) is 4.68. The molecule has 0 saturated carbocycles. The molecule has 0 spiro atoms. The topological polar surface area (TPSA) is 29.1 Å². The lowest BCUT2D eigenvalue weighted by Crippen LogP contribution is -2.24. The Bertz CT molecular complexity index is 395. The highest BCUT2D eigenvalue weighted by molar-refractivity contribution is 9.09. The molecule has 18 heavy (non-hydrogen) atoms. The zero-order valence-electron chi connectivity index (χ0n) is 10.6. The van der Waals surface area contributed by atoms with Crippen LogP contribution in [0.4, 0.5) is 0 Å². The second-order valence-corrected chi connectivity index (χ2v) is 5.52. The highest BCUT2D eigenvalue weighted by Gasteiger charge is 2.06. The van der Waals surface area contributed by atoms with Gasteiger partial charge in [0.2, 0.25) is 0 Å². The molecule has 0 aliphatic heterocycles. The van der Waals surface area contributed by atoms with Crippen LogP contribution in [0.3, 0.4) is 0 Å². The molecule has 1 aromatic rings. The van der Waals surface area contributed by atoms with Crippen LogP contribution in [-0.2, 0) is 0 Å². The van der Waals surface area contributed by atoms with E-state index >= 15 is 0 Å². The van der Waals surface area contributed by atoms with E-state index in [1.807, 2.05) is 13.0 Å². The van der Waals surface area contributed by atoms with Gasteiger partial charge in [-0.2, -0.15) is 0 Å². The number of unbranched alkanes of at least 4 members (excludes halogenated alkanes) is 3. The Morgan fingerprint density at radius 3 is 2.67 bits per heavy atom. The van der Waals surface area contributed by atoms with Crippen molar-refractivity contribution < 1.29 is 4.79 Å². The maximum Gasteiger partial charge on any atom is 0.251 e. The molecule has 0 saturated heterocycles. The van der Waals surface area contributed by atoms with Crippen LogP contribution in [0.15, 0.2) is 18.2 Å². The number of rotatable bonds is 7. The minimum absolute atomic E-state index is 0.0183. The van der Waals surface area contributed by atoms with E-state index in [2.05, 4.69) is 21.2 Å². The normalized spacial score (nSPS) is 10.4. The Balaban J connectivity index is 2.30. The van der Waals surface area contributed by atoms with E-state index < -0.39 is 0 Å². The summed E-state index contributed by atoms with van der Waals surface area (Å²) in [7, 11) is 0. The van der Waals surface area contributed by atoms with Crippen LogP contribution in [0.5, 0.6) is 0 Å². The van der Waals surface area contributed by atoms with E-state index in [1.165, 1.54) is 12.8 Å². The lowest BCUT2D eigenvalue weighted by atomic mass is 10.1. The third-order valence-corrected chi connectivity index (χ3v) is 3.75. The predicted molar refractivity (Wildman–Crippen MR) is 80.8 cm³/mol. The van der Waals surface area contributed by atoms with Gasteiger partial charge in [0.15, 0.2) is 0 Å². The highest BCUT2D eigenvalue weighted by atomic mass is 79.9. The van der Waals surface area contributed by atoms with Gasteiger partial charge in [0, 0.05) is 22.5 Å². The molecule has 0 bridgehead atoms. The zero-order valence-corrected chi connectivity index (χ0v) is 13.0. The van der Waals surface area contributed by atoms with Crippen molar-refractivity contribution in [2.75, 3.05) is 11.9 Å². The summed E-state index contributed by atoms with van der Waals surface area (Å²) in [6.07, 6.45) is 4.60. The summed E-state index contributed by atoms with van der Waals surface area (Å²) in [5.41, 5.74) is 1.61. The summed E-state index contributed by atoms with van der Waals surface area (Å²) >= 11 is 9.33. The van der Waals surface area contributed by atoms with Gasteiger partial charge in [0.25, 0.3) is 5.91 Å². The van der Waals surface area contributed by atoms with Crippen molar-refractivity contribution >= 4 is 33.4 Å². The molecule has 0 unspecified atom stereocenters. The van der Waals surface area contributed by atoms with Crippen LogP contribution in [0, 0.1) is 6.92 Å². The number of benzene rings is 1. The van der Waals surface area contributed by atoms with Crippen LogP contribution in [0.25, 0.3) is 0 Å². The number of amides is 1. The average Bonchev–Trinajstić information content (AvgIpc) is 2.36. The predicted octanol–water partition coefficient (Wildman–Crippen LogP) is 4.33. The quantitative estimate of drug-likeness (QED) is 0.584. The van der Waals surface area contributed by atoms with Crippen LogP contribution in [0.2, 0.25) is 5.02 Å². The van der Waals surface area contributed by atoms with Crippen LogP contribution < -0.4 is 5.32 Å². The van der Waals surface area contributed by atoms with Gasteiger partial charge in [-0.15, -0.1) is 0 Å². The smallest absolute Gasteiger partial charge is 0.251 e. The second-order valence-electron chi connectivity index (χ2n) is 4.32. The summed E-state index contributed by atoms with van der Waals surface area (Å²) in [5.74, 6) is -0.0183. The first-order chi connectivity index (χ1) is 8.65. The summed E-state index contributed by atoms with van der Waals surface area (Å²) in [4.78, 5) is 11.8. The number of alkyl halides is 1. The Labute approximate surface area is 122 Å². The summed E-state index contributed by atoms with van der Waals surface area (Å²) < 4.78 is 0. The molecule has 1 amide bonds.